The van der Waals surface area contributed by atoms with Crippen LogP contribution < -0.4 is 4.90 Å². The molecule has 3 amide bonds. The molecule has 4 aliphatic heterocycles. The van der Waals surface area contributed by atoms with Gasteiger partial charge in [-0.15, -0.1) is 0 Å². The second-order valence-corrected chi connectivity index (χ2v) is 8.99. The summed E-state index contributed by atoms with van der Waals surface area (Å²) in [6.45, 7) is 3.52. The van der Waals surface area contributed by atoms with E-state index in [9.17, 15) is 14.4 Å². The lowest BCUT2D eigenvalue weighted by molar-refractivity contribution is -0.146. The van der Waals surface area contributed by atoms with Crippen molar-refractivity contribution in [3.8, 4) is 0 Å². The zero-order valence-corrected chi connectivity index (χ0v) is 17.5. The fourth-order valence-corrected chi connectivity index (χ4v) is 6.64. The number of fused-ring (bicyclic) bond motifs is 7. The Kier molecular flexibility index (Phi) is 3.93. The minimum absolute atomic E-state index is 0.0432. The molecule has 0 N–H and O–H groups in total. The summed E-state index contributed by atoms with van der Waals surface area (Å²) in [7, 11) is 0. The van der Waals surface area contributed by atoms with Gasteiger partial charge >= 0.3 is 0 Å². The lowest BCUT2D eigenvalue weighted by Crippen LogP contribution is -2.55. The van der Waals surface area contributed by atoms with Crippen molar-refractivity contribution in [1.29, 1.82) is 0 Å². The molecule has 3 saturated heterocycles. The van der Waals surface area contributed by atoms with Crippen molar-refractivity contribution < 1.29 is 14.4 Å². The van der Waals surface area contributed by atoms with E-state index in [4.69, 9.17) is 0 Å². The quantitative estimate of drug-likeness (QED) is 0.723. The molecule has 0 unspecified atom stereocenters. The van der Waals surface area contributed by atoms with Crippen molar-refractivity contribution in [2.45, 2.75) is 37.9 Å². The summed E-state index contributed by atoms with van der Waals surface area (Å²) >= 11 is 0. The minimum Gasteiger partial charge on any atom is -0.310 e. The number of nitrogens with zero attached hydrogens (tertiary/aromatic N) is 3. The third-order valence-corrected chi connectivity index (χ3v) is 7.74. The van der Waals surface area contributed by atoms with Crippen molar-refractivity contribution in [1.82, 2.24) is 9.80 Å². The van der Waals surface area contributed by atoms with Gasteiger partial charge in [-0.2, -0.15) is 0 Å². The molecule has 6 rings (SSSR count). The minimum atomic E-state index is -1.06. The maximum atomic E-state index is 14.0. The van der Waals surface area contributed by atoms with Crippen LogP contribution in [0.15, 0.2) is 54.6 Å². The average Bonchev–Trinajstić information content (AvgIpc) is 3.49. The summed E-state index contributed by atoms with van der Waals surface area (Å²) in [5.41, 5.74) is 1.64. The number of carbonyl (C=O) groups excluding carboxylic acids is 3. The van der Waals surface area contributed by atoms with E-state index < -0.39 is 17.4 Å². The number of benzene rings is 2. The van der Waals surface area contributed by atoms with Crippen LogP contribution in [0.2, 0.25) is 0 Å². The lowest BCUT2D eigenvalue weighted by atomic mass is 9.75. The van der Waals surface area contributed by atoms with Crippen molar-refractivity contribution in [2.75, 3.05) is 18.0 Å². The van der Waals surface area contributed by atoms with Crippen LogP contribution in [0.3, 0.4) is 0 Å². The second kappa shape index (κ2) is 6.50. The Morgan fingerprint density at radius 1 is 0.935 bits per heavy atom. The van der Waals surface area contributed by atoms with Crippen LogP contribution in [0.5, 0.6) is 0 Å². The maximum absolute atomic E-state index is 14.0. The molecule has 2 aromatic rings. The van der Waals surface area contributed by atoms with Gasteiger partial charge in [-0.25, -0.2) is 0 Å². The van der Waals surface area contributed by atoms with Crippen LogP contribution in [0.25, 0.3) is 0 Å². The molecule has 4 heterocycles. The van der Waals surface area contributed by atoms with Crippen LogP contribution in [0.4, 0.5) is 5.69 Å². The Labute approximate surface area is 181 Å². The summed E-state index contributed by atoms with van der Waals surface area (Å²) in [6, 6.07) is 17.4. The van der Waals surface area contributed by atoms with Gasteiger partial charge in [0.15, 0.2) is 0 Å². The molecule has 6 heteroatoms. The lowest BCUT2D eigenvalue weighted by Gasteiger charge is -2.37. The molecule has 4 atom stereocenters. The van der Waals surface area contributed by atoms with Gasteiger partial charge in [0.2, 0.25) is 11.8 Å². The molecule has 2 aromatic carbocycles. The molecular weight excluding hydrogens is 390 g/mol. The van der Waals surface area contributed by atoms with Crippen LogP contribution in [-0.4, -0.2) is 46.7 Å². The first-order valence-corrected chi connectivity index (χ1v) is 11.2. The van der Waals surface area contributed by atoms with Gasteiger partial charge in [0, 0.05) is 23.8 Å². The SMILES string of the molecule is CCN1C(=O)[C@]2(c3ccccc31)[C@@H]1C(=O)N(Cc3ccccc3)C(=O)[C@H]1[C@@H]1CCCN12. The van der Waals surface area contributed by atoms with E-state index in [1.54, 1.807) is 4.90 Å². The zero-order valence-electron chi connectivity index (χ0n) is 17.5. The summed E-state index contributed by atoms with van der Waals surface area (Å²) in [5, 5.41) is 0. The number of carbonyl (C=O) groups is 3. The summed E-state index contributed by atoms with van der Waals surface area (Å²) in [5.74, 6) is -1.47. The van der Waals surface area contributed by atoms with E-state index in [0.717, 1.165) is 36.2 Å². The number of amides is 3. The first-order valence-electron chi connectivity index (χ1n) is 11.2. The highest BCUT2D eigenvalue weighted by Crippen LogP contribution is 2.61. The Bertz CT molecular complexity index is 1100. The van der Waals surface area contributed by atoms with Crippen LogP contribution in [0, 0.1) is 11.8 Å². The second-order valence-electron chi connectivity index (χ2n) is 8.99. The van der Waals surface area contributed by atoms with Crippen molar-refractivity contribution in [3.63, 3.8) is 0 Å². The van der Waals surface area contributed by atoms with E-state index in [1.807, 2.05) is 61.5 Å². The number of anilines is 1. The number of imide groups is 1. The highest BCUT2D eigenvalue weighted by atomic mass is 16.2. The standard InChI is InChI=1S/C25H25N3O3/c1-2-26-18-12-7-6-11-17(18)25(24(26)31)21-20(19-13-8-14-28(19)25)22(29)27(23(21)30)15-16-9-4-3-5-10-16/h3-7,9-12,19-21H,2,8,13-15H2,1H3/t19-,20-,21-,25-/m0/s1. The fourth-order valence-electron chi connectivity index (χ4n) is 6.64. The number of rotatable bonds is 3. The summed E-state index contributed by atoms with van der Waals surface area (Å²) in [4.78, 5) is 46.9. The molecule has 1 spiro atoms. The Balaban J connectivity index is 1.51. The Morgan fingerprint density at radius 2 is 1.68 bits per heavy atom. The highest BCUT2D eigenvalue weighted by molar-refractivity contribution is 6.16. The molecule has 0 aliphatic carbocycles. The number of hydrogen-bond donors (Lipinski definition) is 0. The van der Waals surface area contributed by atoms with Crippen molar-refractivity contribution in [2.24, 2.45) is 11.8 Å². The van der Waals surface area contributed by atoms with E-state index in [0.29, 0.717) is 6.54 Å². The summed E-state index contributed by atoms with van der Waals surface area (Å²) in [6.07, 6.45) is 1.79. The number of likely N-dealkylation sites (N-methyl/N-ethyl adjacent to an activating group) is 1. The largest absolute Gasteiger partial charge is 0.310 e. The monoisotopic (exact) mass is 415 g/mol. The average molecular weight is 415 g/mol. The molecule has 0 bridgehead atoms. The van der Waals surface area contributed by atoms with Crippen LogP contribution in [0.1, 0.15) is 30.9 Å². The maximum Gasteiger partial charge on any atom is 0.253 e. The first-order chi connectivity index (χ1) is 15.1. The van der Waals surface area contributed by atoms with Gasteiger partial charge in [-0.3, -0.25) is 24.2 Å². The molecule has 6 nitrogen and oxygen atoms in total. The summed E-state index contributed by atoms with van der Waals surface area (Å²) < 4.78 is 0. The van der Waals surface area contributed by atoms with Gasteiger partial charge in [0.05, 0.1) is 18.4 Å². The van der Waals surface area contributed by atoms with Gasteiger partial charge in [-0.1, -0.05) is 48.5 Å². The molecule has 4 aliphatic rings. The molecule has 158 valence electrons. The molecule has 3 fully saturated rings. The fraction of sp³-hybridized carbons (Fsp3) is 0.400. The topological polar surface area (TPSA) is 60.9 Å². The molecule has 31 heavy (non-hydrogen) atoms. The number of hydrogen-bond acceptors (Lipinski definition) is 4. The van der Waals surface area contributed by atoms with Gasteiger partial charge in [0.25, 0.3) is 5.91 Å². The third kappa shape index (κ3) is 2.18. The van der Waals surface area contributed by atoms with E-state index in [2.05, 4.69) is 4.90 Å². The van der Waals surface area contributed by atoms with E-state index >= 15 is 0 Å². The van der Waals surface area contributed by atoms with E-state index in [-0.39, 0.29) is 30.3 Å². The molecule has 0 aromatic heterocycles. The zero-order chi connectivity index (χ0) is 21.3. The normalized spacial score (nSPS) is 31.6. The number of para-hydroxylation sites is 1. The van der Waals surface area contributed by atoms with E-state index in [1.165, 1.54) is 4.90 Å². The third-order valence-electron chi connectivity index (χ3n) is 7.74. The van der Waals surface area contributed by atoms with Gasteiger partial charge in [-0.05, 0) is 37.9 Å². The Morgan fingerprint density at radius 3 is 2.45 bits per heavy atom. The van der Waals surface area contributed by atoms with Gasteiger partial charge in [0.1, 0.15) is 5.54 Å². The molecule has 0 saturated carbocycles. The first kappa shape index (κ1) is 18.8. The van der Waals surface area contributed by atoms with Crippen LogP contribution >= 0.6 is 0 Å². The van der Waals surface area contributed by atoms with Crippen LogP contribution in [-0.2, 0) is 26.5 Å². The highest BCUT2D eigenvalue weighted by Gasteiger charge is 2.75. The number of likely N-dealkylation sites (tertiary alicyclic amines) is 1. The predicted octanol–water partition coefficient (Wildman–Crippen LogP) is 2.53. The Hall–Kier alpha value is -2.99. The van der Waals surface area contributed by atoms with Crippen molar-refractivity contribution in [3.05, 3.63) is 65.7 Å². The molecular formula is C25H25N3O3. The molecule has 0 radical (unpaired) electrons. The predicted molar refractivity (Wildman–Crippen MR) is 115 cm³/mol. The van der Waals surface area contributed by atoms with Gasteiger partial charge < -0.3 is 4.90 Å². The van der Waals surface area contributed by atoms with Crippen molar-refractivity contribution >= 4 is 23.4 Å². The smallest absolute Gasteiger partial charge is 0.253 e.